The Morgan fingerprint density at radius 3 is 2.71 bits per heavy atom. The topological polar surface area (TPSA) is 49.3 Å². The van der Waals surface area contributed by atoms with Gasteiger partial charge in [0, 0.05) is 32.4 Å². The van der Waals surface area contributed by atoms with Crippen LogP contribution in [0.5, 0.6) is 0 Å². The maximum Gasteiger partial charge on any atom is 0.246 e. The Kier molecular flexibility index (Phi) is 3.37. The van der Waals surface area contributed by atoms with E-state index in [1.54, 1.807) is 11.1 Å². The molecule has 90 valence electrons. The first-order chi connectivity index (χ1) is 8.20. The van der Waals surface area contributed by atoms with E-state index in [-0.39, 0.29) is 5.91 Å². The maximum absolute atomic E-state index is 11.4. The number of nitrogens with zero attached hydrogens (tertiary/aromatic N) is 4. The van der Waals surface area contributed by atoms with Gasteiger partial charge >= 0.3 is 0 Å². The molecule has 5 heteroatoms. The van der Waals surface area contributed by atoms with Gasteiger partial charge in [0.15, 0.2) is 0 Å². The fraction of sp³-hybridized carbons (Fsp3) is 0.417. The van der Waals surface area contributed by atoms with Gasteiger partial charge in [-0.15, -0.1) is 0 Å². The first-order valence-corrected chi connectivity index (χ1v) is 5.66. The number of hydrogen-bond donors (Lipinski definition) is 0. The van der Waals surface area contributed by atoms with Crippen molar-refractivity contribution in [3.8, 4) is 0 Å². The Morgan fingerprint density at radius 2 is 2.12 bits per heavy atom. The fourth-order valence-electron chi connectivity index (χ4n) is 1.90. The summed E-state index contributed by atoms with van der Waals surface area (Å²) in [5, 5.41) is 0. The van der Waals surface area contributed by atoms with E-state index in [2.05, 4.69) is 21.4 Å². The van der Waals surface area contributed by atoms with Crippen LogP contribution in [0, 0.1) is 6.92 Å². The van der Waals surface area contributed by atoms with Crippen LogP contribution in [0.25, 0.3) is 0 Å². The minimum atomic E-state index is 0.00326. The predicted molar refractivity (Wildman–Crippen MR) is 65.8 cm³/mol. The standard InChI is InChI=1S/C12H16N4O/c1-3-12(17)16-8-6-15(7-9-16)11-4-5-13-10(2)14-11/h3-5H,1,6-9H2,2H3. The molecule has 0 unspecified atom stereocenters. The molecule has 5 nitrogen and oxygen atoms in total. The van der Waals surface area contributed by atoms with Crippen LogP contribution >= 0.6 is 0 Å². The summed E-state index contributed by atoms with van der Waals surface area (Å²) >= 11 is 0. The summed E-state index contributed by atoms with van der Waals surface area (Å²) in [6.07, 6.45) is 3.13. The van der Waals surface area contributed by atoms with Gasteiger partial charge in [-0.1, -0.05) is 6.58 Å². The molecule has 0 radical (unpaired) electrons. The van der Waals surface area contributed by atoms with Crippen LogP contribution in [-0.2, 0) is 4.79 Å². The molecule has 0 aliphatic carbocycles. The smallest absolute Gasteiger partial charge is 0.246 e. The number of carbonyl (C=O) groups excluding carboxylic acids is 1. The van der Waals surface area contributed by atoms with Crippen molar-refractivity contribution < 1.29 is 4.79 Å². The summed E-state index contributed by atoms with van der Waals surface area (Å²) in [5.41, 5.74) is 0. The number of hydrogen-bond acceptors (Lipinski definition) is 4. The van der Waals surface area contributed by atoms with E-state index >= 15 is 0 Å². The second-order valence-electron chi connectivity index (χ2n) is 3.98. The van der Waals surface area contributed by atoms with E-state index in [9.17, 15) is 4.79 Å². The minimum Gasteiger partial charge on any atom is -0.353 e. The predicted octanol–water partition coefficient (Wildman–Crippen LogP) is 0.620. The normalized spacial score (nSPS) is 15.8. The number of aromatic nitrogens is 2. The van der Waals surface area contributed by atoms with Crippen LogP contribution in [-0.4, -0.2) is 47.0 Å². The molecule has 17 heavy (non-hydrogen) atoms. The Morgan fingerprint density at radius 1 is 1.41 bits per heavy atom. The lowest BCUT2D eigenvalue weighted by Crippen LogP contribution is -2.48. The highest BCUT2D eigenvalue weighted by Gasteiger charge is 2.20. The van der Waals surface area contributed by atoms with Crippen molar-refractivity contribution in [2.45, 2.75) is 6.92 Å². The number of piperazine rings is 1. The molecule has 1 fully saturated rings. The molecule has 0 saturated carbocycles. The molecule has 0 aromatic carbocycles. The number of amides is 1. The van der Waals surface area contributed by atoms with Gasteiger partial charge in [0.25, 0.3) is 0 Å². The van der Waals surface area contributed by atoms with Crippen LogP contribution in [0.3, 0.4) is 0 Å². The van der Waals surface area contributed by atoms with Gasteiger partial charge in [0.1, 0.15) is 11.6 Å². The van der Waals surface area contributed by atoms with E-state index in [1.807, 2.05) is 13.0 Å². The Labute approximate surface area is 101 Å². The molecule has 1 aromatic heterocycles. The lowest BCUT2D eigenvalue weighted by atomic mass is 10.3. The lowest BCUT2D eigenvalue weighted by molar-refractivity contribution is -0.126. The third-order valence-corrected chi connectivity index (χ3v) is 2.85. The number of anilines is 1. The molecule has 2 rings (SSSR count). The monoisotopic (exact) mass is 232 g/mol. The van der Waals surface area contributed by atoms with Crippen LogP contribution in [0.2, 0.25) is 0 Å². The first kappa shape index (κ1) is 11.6. The van der Waals surface area contributed by atoms with Gasteiger partial charge in [0.2, 0.25) is 5.91 Å². The summed E-state index contributed by atoms with van der Waals surface area (Å²) in [6.45, 7) is 8.41. The average Bonchev–Trinajstić information content (AvgIpc) is 2.38. The molecular formula is C12H16N4O. The molecule has 1 saturated heterocycles. The number of aryl methyl sites for hydroxylation is 1. The first-order valence-electron chi connectivity index (χ1n) is 5.66. The third-order valence-electron chi connectivity index (χ3n) is 2.85. The van der Waals surface area contributed by atoms with Gasteiger partial charge in [-0.25, -0.2) is 9.97 Å². The van der Waals surface area contributed by atoms with Crippen molar-refractivity contribution in [2.24, 2.45) is 0 Å². The van der Waals surface area contributed by atoms with Gasteiger partial charge in [0.05, 0.1) is 0 Å². The van der Waals surface area contributed by atoms with Gasteiger partial charge in [-0.2, -0.15) is 0 Å². The van der Waals surface area contributed by atoms with Crippen molar-refractivity contribution in [3.63, 3.8) is 0 Å². The van der Waals surface area contributed by atoms with Crippen molar-refractivity contribution in [1.29, 1.82) is 0 Å². The van der Waals surface area contributed by atoms with Crippen molar-refractivity contribution >= 4 is 11.7 Å². The van der Waals surface area contributed by atoms with Crippen LogP contribution in [0.15, 0.2) is 24.9 Å². The third kappa shape index (κ3) is 2.61. The highest BCUT2D eigenvalue weighted by Crippen LogP contribution is 2.12. The number of carbonyl (C=O) groups is 1. The van der Waals surface area contributed by atoms with E-state index in [0.717, 1.165) is 24.7 Å². The van der Waals surface area contributed by atoms with Crippen molar-refractivity contribution in [2.75, 3.05) is 31.1 Å². The molecular weight excluding hydrogens is 216 g/mol. The second-order valence-corrected chi connectivity index (χ2v) is 3.98. The summed E-state index contributed by atoms with van der Waals surface area (Å²) in [6, 6.07) is 1.90. The Balaban J connectivity index is 1.99. The Hall–Kier alpha value is -1.91. The van der Waals surface area contributed by atoms with E-state index in [1.165, 1.54) is 6.08 Å². The van der Waals surface area contributed by atoms with Crippen molar-refractivity contribution in [3.05, 3.63) is 30.7 Å². The highest BCUT2D eigenvalue weighted by atomic mass is 16.2. The van der Waals surface area contributed by atoms with E-state index < -0.39 is 0 Å². The molecule has 1 aromatic rings. The zero-order valence-corrected chi connectivity index (χ0v) is 9.96. The van der Waals surface area contributed by atoms with E-state index in [0.29, 0.717) is 13.1 Å². The van der Waals surface area contributed by atoms with E-state index in [4.69, 9.17) is 0 Å². The maximum atomic E-state index is 11.4. The fourth-order valence-corrected chi connectivity index (χ4v) is 1.90. The molecule has 2 heterocycles. The molecule has 0 N–H and O–H groups in total. The molecule has 0 atom stereocenters. The van der Waals surface area contributed by atoms with Crippen LogP contribution in [0.1, 0.15) is 5.82 Å². The quantitative estimate of drug-likeness (QED) is 0.701. The average molecular weight is 232 g/mol. The Bertz CT molecular complexity index is 424. The molecule has 1 aliphatic rings. The SMILES string of the molecule is C=CC(=O)N1CCN(c2ccnc(C)n2)CC1. The number of rotatable bonds is 2. The zero-order valence-electron chi connectivity index (χ0n) is 9.96. The van der Waals surface area contributed by atoms with Crippen LogP contribution in [0.4, 0.5) is 5.82 Å². The molecule has 1 aliphatic heterocycles. The minimum absolute atomic E-state index is 0.00326. The highest BCUT2D eigenvalue weighted by molar-refractivity contribution is 5.87. The van der Waals surface area contributed by atoms with Gasteiger partial charge < -0.3 is 9.80 Å². The second kappa shape index (κ2) is 4.95. The van der Waals surface area contributed by atoms with Crippen molar-refractivity contribution in [1.82, 2.24) is 14.9 Å². The summed E-state index contributed by atoms with van der Waals surface area (Å²) in [5.74, 6) is 1.71. The largest absolute Gasteiger partial charge is 0.353 e. The van der Waals surface area contributed by atoms with Crippen LogP contribution < -0.4 is 4.90 Å². The lowest BCUT2D eigenvalue weighted by Gasteiger charge is -2.34. The zero-order chi connectivity index (χ0) is 12.3. The summed E-state index contributed by atoms with van der Waals surface area (Å²) in [4.78, 5) is 23.9. The molecule has 1 amide bonds. The van der Waals surface area contributed by atoms with Gasteiger partial charge in [-0.3, -0.25) is 4.79 Å². The molecule has 0 bridgehead atoms. The molecule has 0 spiro atoms. The summed E-state index contributed by atoms with van der Waals surface area (Å²) < 4.78 is 0. The van der Waals surface area contributed by atoms with Gasteiger partial charge in [-0.05, 0) is 19.1 Å². The summed E-state index contributed by atoms with van der Waals surface area (Å²) in [7, 11) is 0.